The minimum atomic E-state index is -0.643. The van der Waals surface area contributed by atoms with Crippen LogP contribution in [0.1, 0.15) is 55.5 Å². The Hall–Kier alpha value is -1.73. The van der Waals surface area contributed by atoms with Crippen LogP contribution >= 0.6 is 11.3 Å². The number of hydrogen-bond donors (Lipinski definition) is 1. The molecule has 2 atom stereocenters. The fourth-order valence-electron chi connectivity index (χ4n) is 4.58. The Bertz CT molecular complexity index is 710. The second kappa shape index (κ2) is 6.53. The Balaban J connectivity index is 1.53. The molecule has 1 aliphatic carbocycles. The van der Waals surface area contributed by atoms with Gasteiger partial charge < -0.3 is 4.90 Å². The van der Waals surface area contributed by atoms with Crippen LogP contribution < -0.4 is 4.90 Å². The maximum Gasteiger partial charge on any atom is 0.338 e. The first-order valence-corrected chi connectivity index (χ1v) is 10.1. The number of imide groups is 2. The summed E-state index contributed by atoms with van der Waals surface area (Å²) in [7, 11) is 0. The van der Waals surface area contributed by atoms with Gasteiger partial charge >= 0.3 is 17.8 Å². The summed E-state index contributed by atoms with van der Waals surface area (Å²) in [4.78, 5) is 42.6. The molecule has 6 nitrogen and oxygen atoms in total. The van der Waals surface area contributed by atoms with Crippen LogP contribution in [0.3, 0.4) is 0 Å². The first-order valence-electron chi connectivity index (χ1n) is 9.21. The number of rotatable bonds is 4. The summed E-state index contributed by atoms with van der Waals surface area (Å²) in [5.74, 6) is -1.27. The summed E-state index contributed by atoms with van der Waals surface area (Å²) in [5.41, 5.74) is 1.34. The molecule has 4 rings (SSSR count). The molecule has 0 spiro atoms. The number of fused-ring (bicyclic) bond motifs is 1. The van der Waals surface area contributed by atoms with Gasteiger partial charge in [0.05, 0.1) is 6.54 Å². The fraction of sp³-hybridized carbons (Fsp3) is 0.611. The van der Waals surface area contributed by atoms with Crippen molar-refractivity contribution in [1.82, 2.24) is 9.80 Å². The Labute approximate surface area is 151 Å². The molecule has 1 aromatic rings. The Kier molecular flexibility index (Phi) is 4.37. The lowest BCUT2D eigenvalue weighted by atomic mass is 9.98. The molecule has 1 aromatic heterocycles. The van der Waals surface area contributed by atoms with Crippen molar-refractivity contribution in [1.29, 1.82) is 0 Å². The number of quaternary nitrogens is 1. The van der Waals surface area contributed by atoms with E-state index in [9.17, 15) is 14.4 Å². The summed E-state index contributed by atoms with van der Waals surface area (Å²) in [5, 5.41) is 2.12. The SMILES string of the molecule is CC[C@H]1c2ccsc2CC[NH+]1CN1C(=O)C(=O)N(C2CCCC2)C1=O. The Morgan fingerprint density at radius 2 is 1.96 bits per heavy atom. The number of nitrogens with zero attached hydrogens (tertiary/aromatic N) is 2. The largest absolute Gasteiger partial charge is 0.338 e. The van der Waals surface area contributed by atoms with Crippen molar-refractivity contribution in [2.24, 2.45) is 0 Å². The molecule has 1 saturated heterocycles. The van der Waals surface area contributed by atoms with Crippen molar-refractivity contribution < 1.29 is 19.3 Å². The van der Waals surface area contributed by atoms with Crippen LogP contribution in [0.15, 0.2) is 11.4 Å². The van der Waals surface area contributed by atoms with E-state index in [0.717, 1.165) is 45.1 Å². The zero-order valence-corrected chi connectivity index (χ0v) is 15.3. The van der Waals surface area contributed by atoms with Crippen molar-refractivity contribution >= 4 is 29.2 Å². The van der Waals surface area contributed by atoms with E-state index in [4.69, 9.17) is 0 Å². The smallest absolute Gasteiger partial charge is 0.311 e. The summed E-state index contributed by atoms with van der Waals surface area (Å²) < 4.78 is 0. The number of nitrogens with one attached hydrogen (secondary N) is 1. The van der Waals surface area contributed by atoms with Gasteiger partial charge in [-0.05, 0) is 24.3 Å². The van der Waals surface area contributed by atoms with E-state index in [1.54, 1.807) is 11.3 Å². The molecule has 2 aliphatic heterocycles. The van der Waals surface area contributed by atoms with Gasteiger partial charge in [0.25, 0.3) is 0 Å². The van der Waals surface area contributed by atoms with Crippen molar-refractivity contribution in [2.45, 2.75) is 57.5 Å². The Morgan fingerprint density at radius 3 is 2.68 bits per heavy atom. The molecule has 1 saturated carbocycles. The number of thiophene rings is 1. The third-order valence-corrected chi connectivity index (χ3v) is 6.86. The highest BCUT2D eigenvalue weighted by molar-refractivity contribution is 7.10. The number of hydrogen-bond acceptors (Lipinski definition) is 4. The van der Waals surface area contributed by atoms with Crippen LogP contribution in [0, 0.1) is 0 Å². The molecule has 2 fully saturated rings. The zero-order valence-electron chi connectivity index (χ0n) is 14.5. The van der Waals surface area contributed by atoms with Gasteiger partial charge in [0.1, 0.15) is 6.04 Å². The highest BCUT2D eigenvalue weighted by Crippen LogP contribution is 2.29. The van der Waals surface area contributed by atoms with Gasteiger partial charge in [0.15, 0.2) is 6.67 Å². The molecule has 25 heavy (non-hydrogen) atoms. The number of carbonyl (C=O) groups excluding carboxylic acids is 3. The number of amides is 4. The summed E-state index contributed by atoms with van der Waals surface area (Å²) in [6.07, 6.45) is 5.61. The molecule has 134 valence electrons. The fourth-order valence-corrected chi connectivity index (χ4v) is 5.52. The highest BCUT2D eigenvalue weighted by atomic mass is 32.1. The molecule has 7 heteroatoms. The van der Waals surface area contributed by atoms with Crippen molar-refractivity contribution in [3.8, 4) is 0 Å². The number of urea groups is 1. The van der Waals surface area contributed by atoms with Gasteiger partial charge in [-0.2, -0.15) is 0 Å². The molecule has 4 amide bonds. The minimum Gasteiger partial charge on any atom is -0.311 e. The van der Waals surface area contributed by atoms with Gasteiger partial charge in [-0.3, -0.25) is 14.5 Å². The normalized spacial score (nSPS) is 27.5. The van der Waals surface area contributed by atoms with E-state index < -0.39 is 17.8 Å². The maximum atomic E-state index is 12.8. The standard InChI is InChI=1S/C18H23N3O3S/c1-2-14-13-8-10-25-15(13)7-9-19(14)11-20-16(22)17(23)21(18(20)24)12-5-3-4-6-12/h8,10,12,14H,2-7,9,11H2,1H3/p+1/t14-/m0/s1. The molecule has 0 aromatic carbocycles. The molecule has 3 heterocycles. The topological polar surface area (TPSA) is 62.1 Å². The first kappa shape index (κ1) is 16.7. The third kappa shape index (κ3) is 2.69. The predicted molar refractivity (Wildman–Crippen MR) is 93.1 cm³/mol. The van der Waals surface area contributed by atoms with E-state index in [1.165, 1.54) is 25.1 Å². The quantitative estimate of drug-likeness (QED) is 0.649. The average Bonchev–Trinajstić information content (AvgIpc) is 3.33. The molecule has 0 radical (unpaired) electrons. The minimum absolute atomic E-state index is 0.0873. The second-order valence-electron chi connectivity index (χ2n) is 7.21. The highest BCUT2D eigenvalue weighted by Gasteiger charge is 2.50. The van der Waals surface area contributed by atoms with Crippen LogP contribution in [0.4, 0.5) is 4.79 Å². The van der Waals surface area contributed by atoms with E-state index in [1.807, 2.05) is 0 Å². The first-order chi connectivity index (χ1) is 12.1. The predicted octanol–water partition coefficient (Wildman–Crippen LogP) is 1.33. The molecular weight excluding hydrogens is 338 g/mol. The Morgan fingerprint density at radius 1 is 1.20 bits per heavy atom. The van der Waals surface area contributed by atoms with Crippen molar-refractivity contribution in [2.75, 3.05) is 13.2 Å². The van der Waals surface area contributed by atoms with Gasteiger partial charge in [0.2, 0.25) is 0 Å². The van der Waals surface area contributed by atoms with Crippen molar-refractivity contribution in [3.63, 3.8) is 0 Å². The second-order valence-corrected chi connectivity index (χ2v) is 8.21. The lowest BCUT2D eigenvalue weighted by Gasteiger charge is -2.34. The van der Waals surface area contributed by atoms with Crippen molar-refractivity contribution in [3.05, 3.63) is 21.9 Å². The molecule has 1 unspecified atom stereocenters. The van der Waals surface area contributed by atoms with Gasteiger partial charge in [-0.1, -0.05) is 19.8 Å². The van der Waals surface area contributed by atoms with Crippen LogP contribution in [0.5, 0.6) is 0 Å². The maximum absolute atomic E-state index is 12.8. The van der Waals surface area contributed by atoms with Gasteiger partial charge in [-0.15, -0.1) is 11.3 Å². The van der Waals surface area contributed by atoms with Gasteiger partial charge in [0, 0.05) is 29.3 Å². The lowest BCUT2D eigenvalue weighted by Crippen LogP contribution is -3.14. The van der Waals surface area contributed by atoms with Crippen LogP contribution in [-0.2, 0) is 16.0 Å². The molecule has 3 aliphatic rings. The third-order valence-electron chi connectivity index (χ3n) is 5.86. The van der Waals surface area contributed by atoms with Crippen LogP contribution in [0.2, 0.25) is 0 Å². The molecule has 1 N–H and O–H groups in total. The van der Waals surface area contributed by atoms with Gasteiger partial charge in [-0.25, -0.2) is 9.69 Å². The summed E-state index contributed by atoms with van der Waals surface area (Å²) in [6, 6.07) is 1.96. The average molecular weight is 362 g/mol. The summed E-state index contributed by atoms with van der Waals surface area (Å²) >= 11 is 1.78. The monoisotopic (exact) mass is 362 g/mol. The van der Waals surface area contributed by atoms with E-state index in [-0.39, 0.29) is 12.1 Å². The van der Waals surface area contributed by atoms with Crippen LogP contribution in [0.25, 0.3) is 0 Å². The number of carbonyl (C=O) groups is 3. The van der Waals surface area contributed by atoms with E-state index in [0.29, 0.717) is 6.67 Å². The summed E-state index contributed by atoms with van der Waals surface area (Å²) in [6.45, 7) is 3.32. The zero-order chi connectivity index (χ0) is 17.6. The molecular formula is C18H24N3O3S+. The van der Waals surface area contributed by atoms with E-state index >= 15 is 0 Å². The lowest BCUT2D eigenvalue weighted by molar-refractivity contribution is -0.940. The van der Waals surface area contributed by atoms with E-state index in [2.05, 4.69) is 18.4 Å². The van der Waals surface area contributed by atoms with Crippen LogP contribution in [-0.4, -0.2) is 46.9 Å². The molecule has 0 bridgehead atoms.